The second kappa shape index (κ2) is 5.69. The van der Waals surface area contributed by atoms with E-state index in [0.717, 1.165) is 25.7 Å². The second-order valence-electron chi connectivity index (χ2n) is 4.07. The number of nitrogens with zero attached hydrogens (tertiary/aromatic N) is 1. The lowest BCUT2D eigenvalue weighted by molar-refractivity contribution is -0.140. The lowest BCUT2D eigenvalue weighted by Crippen LogP contribution is -2.50. The monoisotopic (exact) mass is 230 g/mol. The summed E-state index contributed by atoms with van der Waals surface area (Å²) in [5, 5.41) is 19.7. The van der Waals surface area contributed by atoms with Crippen LogP contribution in [0.2, 0.25) is 0 Å². The highest BCUT2D eigenvalue weighted by Crippen LogP contribution is 2.22. The Bertz CT molecular complexity index is 264. The highest BCUT2D eigenvalue weighted by atomic mass is 16.4. The van der Waals surface area contributed by atoms with Gasteiger partial charge in [0.1, 0.15) is 0 Å². The molecule has 3 N–H and O–H groups in total. The number of urea groups is 1. The van der Waals surface area contributed by atoms with Crippen molar-refractivity contribution in [3.05, 3.63) is 0 Å². The molecule has 6 nitrogen and oxygen atoms in total. The van der Waals surface area contributed by atoms with Crippen LogP contribution in [0.15, 0.2) is 0 Å². The van der Waals surface area contributed by atoms with E-state index in [-0.39, 0.29) is 6.04 Å². The molecule has 0 aromatic heterocycles. The fourth-order valence-corrected chi connectivity index (χ4v) is 1.89. The van der Waals surface area contributed by atoms with E-state index < -0.39 is 24.6 Å². The third kappa shape index (κ3) is 3.10. The molecule has 0 aliphatic heterocycles. The molecule has 1 saturated carbocycles. The Morgan fingerprint density at radius 1 is 1.44 bits per heavy atom. The summed E-state index contributed by atoms with van der Waals surface area (Å²) >= 11 is 0. The zero-order valence-electron chi connectivity index (χ0n) is 9.35. The topological polar surface area (TPSA) is 89.9 Å². The summed E-state index contributed by atoms with van der Waals surface area (Å²) in [4.78, 5) is 23.8. The van der Waals surface area contributed by atoms with Gasteiger partial charge in [0.2, 0.25) is 0 Å². The minimum absolute atomic E-state index is 0.188. The van der Waals surface area contributed by atoms with Crippen molar-refractivity contribution >= 4 is 12.0 Å². The number of aliphatic hydroxyl groups is 1. The van der Waals surface area contributed by atoms with Crippen LogP contribution in [0, 0.1) is 0 Å². The Kier molecular flexibility index (Phi) is 4.54. The summed E-state index contributed by atoms with van der Waals surface area (Å²) in [6, 6.07) is -1.47. The van der Waals surface area contributed by atoms with Crippen molar-refractivity contribution in [1.29, 1.82) is 0 Å². The van der Waals surface area contributed by atoms with Crippen LogP contribution >= 0.6 is 0 Å². The zero-order valence-corrected chi connectivity index (χ0v) is 9.35. The van der Waals surface area contributed by atoms with Crippen molar-refractivity contribution in [2.75, 3.05) is 13.7 Å². The van der Waals surface area contributed by atoms with Crippen LogP contribution < -0.4 is 5.32 Å². The first-order chi connectivity index (χ1) is 7.56. The molecule has 0 unspecified atom stereocenters. The van der Waals surface area contributed by atoms with Crippen molar-refractivity contribution in [2.45, 2.75) is 37.8 Å². The van der Waals surface area contributed by atoms with Gasteiger partial charge in [0.25, 0.3) is 0 Å². The first-order valence-electron chi connectivity index (χ1n) is 5.43. The molecule has 16 heavy (non-hydrogen) atoms. The molecule has 0 aromatic rings. The van der Waals surface area contributed by atoms with Gasteiger partial charge in [-0.05, 0) is 12.8 Å². The number of rotatable bonds is 4. The number of aliphatic hydroxyl groups excluding tert-OH is 1. The number of nitrogens with one attached hydrogen (secondary N) is 1. The largest absolute Gasteiger partial charge is 0.480 e. The number of aliphatic carboxylic acids is 1. The average Bonchev–Trinajstić information content (AvgIpc) is 2.77. The van der Waals surface area contributed by atoms with Crippen LogP contribution in [0.5, 0.6) is 0 Å². The van der Waals surface area contributed by atoms with Crippen molar-refractivity contribution in [1.82, 2.24) is 10.2 Å². The summed E-state index contributed by atoms with van der Waals surface area (Å²) in [7, 11) is 1.65. The number of carbonyl (C=O) groups is 2. The summed E-state index contributed by atoms with van der Waals surface area (Å²) in [5.74, 6) is -1.23. The molecule has 2 amide bonds. The molecule has 0 radical (unpaired) electrons. The molecule has 0 bridgehead atoms. The summed E-state index contributed by atoms with van der Waals surface area (Å²) in [6.07, 6.45) is 4.12. The average molecular weight is 230 g/mol. The van der Waals surface area contributed by atoms with Crippen molar-refractivity contribution in [2.24, 2.45) is 0 Å². The number of carboxylic acids is 1. The highest BCUT2D eigenvalue weighted by molar-refractivity contribution is 5.82. The SMILES string of the molecule is CN(C(=O)N[C@@H](CO)C(=O)O)C1CCCC1. The first kappa shape index (κ1) is 12.8. The van der Waals surface area contributed by atoms with E-state index in [1.165, 1.54) is 4.90 Å². The molecule has 92 valence electrons. The Hall–Kier alpha value is -1.30. The van der Waals surface area contributed by atoms with Crippen LogP contribution in [0.3, 0.4) is 0 Å². The number of carboxylic acid groups (broad SMARTS) is 1. The fraction of sp³-hybridized carbons (Fsp3) is 0.800. The van der Waals surface area contributed by atoms with E-state index in [4.69, 9.17) is 10.2 Å². The molecule has 0 saturated heterocycles. The third-order valence-electron chi connectivity index (χ3n) is 2.97. The third-order valence-corrected chi connectivity index (χ3v) is 2.97. The second-order valence-corrected chi connectivity index (χ2v) is 4.07. The lowest BCUT2D eigenvalue weighted by Gasteiger charge is -2.25. The van der Waals surface area contributed by atoms with Gasteiger partial charge in [-0.15, -0.1) is 0 Å². The molecule has 0 heterocycles. The van der Waals surface area contributed by atoms with Gasteiger partial charge in [-0.3, -0.25) is 0 Å². The minimum atomic E-state index is -1.23. The molecule has 1 fully saturated rings. The van der Waals surface area contributed by atoms with Gasteiger partial charge in [-0.1, -0.05) is 12.8 Å². The van der Waals surface area contributed by atoms with Crippen LogP contribution in [0.25, 0.3) is 0 Å². The van der Waals surface area contributed by atoms with E-state index >= 15 is 0 Å². The van der Waals surface area contributed by atoms with Crippen LogP contribution in [0.4, 0.5) is 4.79 Å². The molecule has 0 spiro atoms. The number of hydrogen-bond donors (Lipinski definition) is 3. The van der Waals surface area contributed by atoms with E-state index in [1.807, 2.05) is 0 Å². The number of amides is 2. The maximum Gasteiger partial charge on any atom is 0.328 e. The van der Waals surface area contributed by atoms with Gasteiger partial charge in [0.15, 0.2) is 6.04 Å². The van der Waals surface area contributed by atoms with Crippen LogP contribution in [0.1, 0.15) is 25.7 Å². The standard InChI is InChI=1S/C10H18N2O4/c1-12(7-4-2-3-5-7)10(16)11-8(6-13)9(14)15/h7-8,13H,2-6H2,1H3,(H,11,16)(H,14,15)/t8-/m0/s1. The molecule has 1 rings (SSSR count). The van der Waals surface area contributed by atoms with Gasteiger partial charge in [-0.2, -0.15) is 0 Å². The van der Waals surface area contributed by atoms with E-state index in [2.05, 4.69) is 5.32 Å². The molecule has 6 heteroatoms. The predicted octanol–water partition coefficient (Wildman–Crippen LogP) is 0.0159. The van der Waals surface area contributed by atoms with Gasteiger partial charge < -0.3 is 20.4 Å². The molecular weight excluding hydrogens is 212 g/mol. The Balaban J connectivity index is 2.46. The van der Waals surface area contributed by atoms with E-state index in [0.29, 0.717) is 0 Å². The maximum atomic E-state index is 11.6. The molecule has 0 aromatic carbocycles. The Labute approximate surface area is 94.2 Å². The smallest absolute Gasteiger partial charge is 0.328 e. The molecule has 1 aliphatic carbocycles. The van der Waals surface area contributed by atoms with Gasteiger partial charge >= 0.3 is 12.0 Å². The maximum absolute atomic E-state index is 11.6. The summed E-state index contributed by atoms with van der Waals surface area (Å²) < 4.78 is 0. The van der Waals surface area contributed by atoms with Crippen LogP contribution in [-0.2, 0) is 4.79 Å². The summed E-state index contributed by atoms with van der Waals surface area (Å²) in [5.41, 5.74) is 0. The first-order valence-corrected chi connectivity index (χ1v) is 5.43. The van der Waals surface area contributed by atoms with Crippen molar-refractivity contribution in [3.63, 3.8) is 0 Å². The molecular formula is C10H18N2O4. The van der Waals surface area contributed by atoms with Gasteiger partial charge in [-0.25, -0.2) is 9.59 Å². The van der Waals surface area contributed by atoms with Gasteiger partial charge in [0, 0.05) is 13.1 Å². The van der Waals surface area contributed by atoms with Crippen molar-refractivity contribution < 1.29 is 19.8 Å². The van der Waals surface area contributed by atoms with E-state index in [9.17, 15) is 9.59 Å². The van der Waals surface area contributed by atoms with E-state index in [1.54, 1.807) is 7.05 Å². The predicted molar refractivity (Wildman–Crippen MR) is 57.1 cm³/mol. The van der Waals surface area contributed by atoms with Gasteiger partial charge in [0.05, 0.1) is 6.61 Å². The molecule has 1 aliphatic rings. The summed E-state index contributed by atoms with van der Waals surface area (Å²) in [6.45, 7) is -0.598. The number of hydrogen-bond acceptors (Lipinski definition) is 3. The quantitative estimate of drug-likeness (QED) is 0.635. The highest BCUT2D eigenvalue weighted by Gasteiger charge is 2.26. The van der Waals surface area contributed by atoms with Crippen molar-refractivity contribution in [3.8, 4) is 0 Å². The minimum Gasteiger partial charge on any atom is -0.480 e. The fourth-order valence-electron chi connectivity index (χ4n) is 1.89. The number of carbonyl (C=O) groups excluding carboxylic acids is 1. The van der Waals surface area contributed by atoms with Crippen LogP contribution in [-0.4, -0.2) is 52.9 Å². The molecule has 1 atom stereocenters. The zero-order chi connectivity index (χ0) is 12.1. The Morgan fingerprint density at radius 3 is 2.44 bits per heavy atom. The lowest BCUT2D eigenvalue weighted by atomic mass is 10.2. The Morgan fingerprint density at radius 2 is 2.00 bits per heavy atom. The normalized spacial score (nSPS) is 18.1.